The first-order chi connectivity index (χ1) is 8.77. The highest BCUT2D eigenvalue weighted by Gasteiger charge is 2.20. The Balaban J connectivity index is 2.21. The van der Waals surface area contributed by atoms with Crippen molar-refractivity contribution in [2.24, 2.45) is 5.73 Å². The van der Waals surface area contributed by atoms with Gasteiger partial charge in [-0.15, -0.1) is 11.3 Å². The molecule has 0 saturated heterocycles. The summed E-state index contributed by atoms with van der Waals surface area (Å²) in [5.41, 5.74) is 7.59. The molecule has 0 radical (unpaired) electrons. The molecule has 18 heavy (non-hydrogen) atoms. The van der Waals surface area contributed by atoms with Crippen molar-refractivity contribution in [2.45, 2.75) is 25.3 Å². The Bertz CT molecular complexity index is 619. The van der Waals surface area contributed by atoms with Gasteiger partial charge >= 0.3 is 0 Å². The molecule has 1 aliphatic rings. The highest BCUT2D eigenvalue weighted by molar-refractivity contribution is 7.19. The zero-order chi connectivity index (χ0) is 12.5. The summed E-state index contributed by atoms with van der Waals surface area (Å²) >= 11 is 1.84. The number of rotatable bonds is 2. The average molecular weight is 255 g/mol. The second-order valence-corrected chi connectivity index (χ2v) is 5.90. The molecular weight excluding hydrogens is 238 g/mol. The summed E-state index contributed by atoms with van der Waals surface area (Å²) in [5.74, 6) is 0.479. The standard InChI is InChI=1S/C16H17NS/c1-11(17)16-15(12-7-3-2-4-8-12)13-9-5-6-10-14(13)18-16/h2-7,9-12H,8,17H2,1H3. The molecule has 92 valence electrons. The van der Waals surface area contributed by atoms with Crippen molar-refractivity contribution in [2.75, 3.05) is 0 Å². The van der Waals surface area contributed by atoms with E-state index in [1.54, 1.807) is 0 Å². The minimum Gasteiger partial charge on any atom is -0.323 e. The molecule has 0 aliphatic heterocycles. The van der Waals surface area contributed by atoms with Crippen molar-refractivity contribution in [3.63, 3.8) is 0 Å². The predicted molar refractivity (Wildman–Crippen MR) is 80.1 cm³/mol. The Hall–Kier alpha value is -1.38. The van der Waals surface area contributed by atoms with Crippen LogP contribution in [0.25, 0.3) is 10.1 Å². The highest BCUT2D eigenvalue weighted by Crippen LogP contribution is 2.41. The van der Waals surface area contributed by atoms with Gasteiger partial charge in [-0.05, 0) is 30.4 Å². The first kappa shape index (κ1) is 11.7. The van der Waals surface area contributed by atoms with E-state index in [4.69, 9.17) is 5.73 Å². The minimum absolute atomic E-state index is 0.108. The summed E-state index contributed by atoms with van der Waals surface area (Å²) in [4.78, 5) is 1.33. The van der Waals surface area contributed by atoms with Crippen molar-refractivity contribution in [3.05, 3.63) is 59.0 Å². The fourth-order valence-corrected chi connectivity index (χ4v) is 3.83. The Morgan fingerprint density at radius 2 is 2.11 bits per heavy atom. The van der Waals surface area contributed by atoms with E-state index in [1.807, 2.05) is 11.3 Å². The van der Waals surface area contributed by atoms with Crippen LogP contribution in [0.5, 0.6) is 0 Å². The molecule has 1 nitrogen and oxygen atoms in total. The lowest BCUT2D eigenvalue weighted by molar-refractivity contribution is 0.788. The van der Waals surface area contributed by atoms with Crippen LogP contribution in [0.1, 0.15) is 35.7 Å². The molecule has 0 bridgehead atoms. The van der Waals surface area contributed by atoms with Gasteiger partial charge in [-0.3, -0.25) is 0 Å². The topological polar surface area (TPSA) is 26.0 Å². The first-order valence-corrected chi connectivity index (χ1v) is 7.19. The Morgan fingerprint density at radius 3 is 2.83 bits per heavy atom. The largest absolute Gasteiger partial charge is 0.323 e. The Labute approximate surface area is 112 Å². The third-order valence-corrected chi connectivity index (χ3v) is 4.82. The lowest BCUT2D eigenvalue weighted by atomic mass is 9.89. The van der Waals surface area contributed by atoms with Gasteiger partial charge in [0.25, 0.3) is 0 Å². The fraction of sp³-hybridized carbons (Fsp3) is 0.250. The van der Waals surface area contributed by atoms with Gasteiger partial charge in [0, 0.05) is 21.5 Å². The van der Waals surface area contributed by atoms with E-state index in [1.165, 1.54) is 20.5 Å². The van der Waals surface area contributed by atoms with Crippen LogP contribution in [-0.4, -0.2) is 0 Å². The van der Waals surface area contributed by atoms with Crippen LogP contribution < -0.4 is 5.73 Å². The molecule has 2 atom stereocenters. The molecule has 3 rings (SSSR count). The Morgan fingerprint density at radius 1 is 1.28 bits per heavy atom. The van der Waals surface area contributed by atoms with E-state index in [0.29, 0.717) is 5.92 Å². The molecule has 0 spiro atoms. The number of thiophene rings is 1. The molecule has 0 saturated carbocycles. The molecule has 0 amide bonds. The second kappa shape index (κ2) is 4.71. The van der Waals surface area contributed by atoms with Crippen LogP contribution in [0.2, 0.25) is 0 Å². The van der Waals surface area contributed by atoms with Gasteiger partial charge < -0.3 is 5.73 Å². The SMILES string of the molecule is CC(N)c1sc2ccccc2c1C1C=CC=CC1. The number of nitrogens with two attached hydrogens (primary N) is 1. The maximum absolute atomic E-state index is 6.15. The predicted octanol–water partition coefficient (Wildman–Crippen LogP) is 4.52. The van der Waals surface area contributed by atoms with Crippen molar-refractivity contribution >= 4 is 21.4 Å². The van der Waals surface area contributed by atoms with Crippen LogP contribution in [-0.2, 0) is 0 Å². The van der Waals surface area contributed by atoms with Gasteiger partial charge in [-0.2, -0.15) is 0 Å². The van der Waals surface area contributed by atoms with Crippen molar-refractivity contribution in [3.8, 4) is 0 Å². The third-order valence-electron chi connectivity index (χ3n) is 3.43. The number of allylic oxidation sites excluding steroid dienone is 4. The van der Waals surface area contributed by atoms with Crippen molar-refractivity contribution in [1.82, 2.24) is 0 Å². The van der Waals surface area contributed by atoms with Crippen LogP contribution >= 0.6 is 11.3 Å². The molecule has 1 heterocycles. The molecule has 0 fully saturated rings. The van der Waals surface area contributed by atoms with Gasteiger partial charge in [0.05, 0.1) is 0 Å². The van der Waals surface area contributed by atoms with E-state index in [2.05, 4.69) is 55.5 Å². The van der Waals surface area contributed by atoms with Gasteiger partial charge in [0.2, 0.25) is 0 Å². The molecule has 2 heteroatoms. The molecular formula is C16H17NS. The van der Waals surface area contributed by atoms with E-state index in [-0.39, 0.29) is 6.04 Å². The monoisotopic (exact) mass is 255 g/mol. The smallest absolute Gasteiger partial charge is 0.0364 e. The summed E-state index contributed by atoms with van der Waals surface area (Å²) in [6, 6.07) is 8.74. The van der Waals surface area contributed by atoms with Crippen LogP contribution in [0.3, 0.4) is 0 Å². The maximum Gasteiger partial charge on any atom is 0.0364 e. The minimum atomic E-state index is 0.108. The molecule has 1 aliphatic carbocycles. The average Bonchev–Trinajstić information content (AvgIpc) is 2.79. The van der Waals surface area contributed by atoms with Crippen LogP contribution in [0, 0.1) is 0 Å². The zero-order valence-corrected chi connectivity index (χ0v) is 11.3. The van der Waals surface area contributed by atoms with E-state index in [0.717, 1.165) is 6.42 Å². The van der Waals surface area contributed by atoms with E-state index < -0.39 is 0 Å². The van der Waals surface area contributed by atoms with Crippen LogP contribution in [0.4, 0.5) is 0 Å². The summed E-state index contributed by atoms with van der Waals surface area (Å²) < 4.78 is 1.35. The lowest BCUT2D eigenvalue weighted by Gasteiger charge is -2.16. The van der Waals surface area contributed by atoms with Crippen molar-refractivity contribution < 1.29 is 0 Å². The summed E-state index contributed by atoms with van der Waals surface area (Å²) in [6.45, 7) is 2.08. The molecule has 1 aromatic carbocycles. The van der Waals surface area contributed by atoms with Gasteiger partial charge in [0.1, 0.15) is 0 Å². The molecule has 2 unspecified atom stereocenters. The van der Waals surface area contributed by atoms with Crippen molar-refractivity contribution in [1.29, 1.82) is 0 Å². The maximum atomic E-state index is 6.15. The lowest BCUT2D eigenvalue weighted by Crippen LogP contribution is -2.08. The number of fused-ring (bicyclic) bond motifs is 1. The van der Waals surface area contributed by atoms with Gasteiger partial charge in [0.15, 0.2) is 0 Å². The number of benzene rings is 1. The van der Waals surface area contributed by atoms with Gasteiger partial charge in [-0.1, -0.05) is 42.5 Å². The summed E-state index contributed by atoms with van der Waals surface area (Å²) in [7, 11) is 0. The molecule has 2 N–H and O–H groups in total. The van der Waals surface area contributed by atoms with Gasteiger partial charge in [-0.25, -0.2) is 0 Å². The summed E-state index contributed by atoms with van der Waals surface area (Å²) in [5, 5.41) is 1.37. The van der Waals surface area contributed by atoms with Crippen LogP contribution in [0.15, 0.2) is 48.6 Å². The third kappa shape index (κ3) is 1.92. The summed E-state index contributed by atoms with van der Waals surface area (Å²) in [6.07, 6.45) is 9.88. The zero-order valence-electron chi connectivity index (χ0n) is 10.5. The Kier molecular flexibility index (Phi) is 3.06. The van der Waals surface area contributed by atoms with E-state index >= 15 is 0 Å². The van der Waals surface area contributed by atoms with E-state index in [9.17, 15) is 0 Å². The fourth-order valence-electron chi connectivity index (χ4n) is 2.60. The molecule has 1 aromatic heterocycles. The molecule has 2 aromatic rings. The highest BCUT2D eigenvalue weighted by atomic mass is 32.1. The first-order valence-electron chi connectivity index (χ1n) is 6.37. The number of hydrogen-bond acceptors (Lipinski definition) is 2. The normalized spacial score (nSPS) is 20.4. The quantitative estimate of drug-likeness (QED) is 0.838. The number of hydrogen-bond donors (Lipinski definition) is 1. The second-order valence-electron chi connectivity index (χ2n) is 4.82.